The van der Waals surface area contributed by atoms with Crippen LogP contribution >= 0.6 is 35.3 Å². The second-order valence-electron chi connectivity index (χ2n) is 6.03. The molecule has 1 unspecified atom stereocenters. The van der Waals surface area contributed by atoms with Crippen molar-refractivity contribution in [3.63, 3.8) is 0 Å². The number of aromatic nitrogens is 3. The normalized spacial score (nSPS) is 12.3. The first kappa shape index (κ1) is 21.4. The number of halogens is 1. The Kier molecular flexibility index (Phi) is 8.23. The topological polar surface area (TPSA) is 67.1 Å². The van der Waals surface area contributed by atoms with Gasteiger partial charge < -0.3 is 10.6 Å². The monoisotopic (exact) mass is 496 g/mol. The van der Waals surface area contributed by atoms with Gasteiger partial charge in [-0.25, -0.2) is 9.67 Å². The lowest BCUT2D eigenvalue weighted by Gasteiger charge is -2.19. The Morgan fingerprint density at radius 1 is 1.33 bits per heavy atom. The number of aliphatic imine (C=N–C) groups is 1. The van der Waals surface area contributed by atoms with E-state index in [4.69, 9.17) is 0 Å². The third-order valence-electron chi connectivity index (χ3n) is 4.02. The van der Waals surface area contributed by atoms with Crippen molar-refractivity contribution in [1.29, 1.82) is 0 Å². The average Bonchev–Trinajstić information content (AvgIpc) is 3.33. The number of rotatable bonds is 6. The summed E-state index contributed by atoms with van der Waals surface area (Å²) >= 11 is 1.74. The van der Waals surface area contributed by atoms with Crippen LogP contribution < -0.4 is 10.6 Å². The maximum absolute atomic E-state index is 4.39. The van der Waals surface area contributed by atoms with Crippen LogP contribution in [-0.2, 0) is 6.42 Å². The van der Waals surface area contributed by atoms with E-state index in [-0.39, 0.29) is 30.0 Å². The van der Waals surface area contributed by atoms with Gasteiger partial charge in [-0.05, 0) is 37.6 Å². The maximum atomic E-state index is 4.39. The van der Waals surface area contributed by atoms with Crippen LogP contribution in [0.4, 0.5) is 0 Å². The van der Waals surface area contributed by atoms with E-state index in [9.17, 15) is 0 Å². The second kappa shape index (κ2) is 10.4. The van der Waals surface area contributed by atoms with Gasteiger partial charge in [0.25, 0.3) is 0 Å². The van der Waals surface area contributed by atoms with Gasteiger partial charge in [0.15, 0.2) is 5.96 Å². The highest BCUT2D eigenvalue weighted by atomic mass is 127. The molecule has 0 radical (unpaired) electrons. The van der Waals surface area contributed by atoms with E-state index in [0.717, 1.165) is 29.6 Å². The summed E-state index contributed by atoms with van der Waals surface area (Å²) in [6.07, 6.45) is 6.53. The molecule has 0 saturated heterocycles. The van der Waals surface area contributed by atoms with Crippen LogP contribution in [0.15, 0.2) is 53.9 Å². The molecular formula is C19H25IN6S. The van der Waals surface area contributed by atoms with Crippen LogP contribution in [0, 0.1) is 6.92 Å². The molecule has 0 saturated carbocycles. The fourth-order valence-electron chi connectivity index (χ4n) is 2.65. The lowest BCUT2D eigenvalue weighted by atomic mass is 10.1. The third kappa shape index (κ3) is 6.03. The number of guanidine groups is 1. The number of aryl methyl sites for hydroxylation is 1. The van der Waals surface area contributed by atoms with Crippen LogP contribution in [-0.4, -0.2) is 34.3 Å². The van der Waals surface area contributed by atoms with Crippen molar-refractivity contribution in [2.75, 3.05) is 13.6 Å². The number of thiazole rings is 1. The second-order valence-corrected chi connectivity index (χ2v) is 7.34. The van der Waals surface area contributed by atoms with Crippen LogP contribution in [0.2, 0.25) is 0 Å². The number of benzene rings is 1. The van der Waals surface area contributed by atoms with Crippen molar-refractivity contribution in [3.05, 3.63) is 64.4 Å². The molecule has 0 aliphatic heterocycles. The quantitative estimate of drug-likeness (QED) is 0.310. The zero-order valence-corrected chi connectivity index (χ0v) is 18.9. The first-order valence-corrected chi connectivity index (χ1v) is 9.46. The van der Waals surface area contributed by atoms with Crippen LogP contribution in [0.25, 0.3) is 5.69 Å². The summed E-state index contributed by atoms with van der Waals surface area (Å²) in [7, 11) is 1.79. The molecule has 0 spiro atoms. The predicted octanol–water partition coefficient (Wildman–Crippen LogP) is 3.72. The van der Waals surface area contributed by atoms with Crippen LogP contribution in [0.1, 0.15) is 28.4 Å². The van der Waals surface area contributed by atoms with Gasteiger partial charge in [0.2, 0.25) is 0 Å². The molecule has 1 aromatic carbocycles. The van der Waals surface area contributed by atoms with Crippen molar-refractivity contribution in [2.24, 2.45) is 4.99 Å². The molecule has 27 heavy (non-hydrogen) atoms. The van der Waals surface area contributed by atoms with Crippen molar-refractivity contribution < 1.29 is 0 Å². The molecule has 0 fully saturated rings. The minimum absolute atomic E-state index is 0. The first-order valence-electron chi connectivity index (χ1n) is 8.64. The van der Waals surface area contributed by atoms with Gasteiger partial charge >= 0.3 is 0 Å². The molecule has 6 nitrogen and oxygen atoms in total. The average molecular weight is 496 g/mol. The summed E-state index contributed by atoms with van der Waals surface area (Å²) in [4.78, 5) is 9.96. The lowest BCUT2D eigenvalue weighted by molar-refractivity contribution is 0.682. The summed E-state index contributed by atoms with van der Waals surface area (Å²) in [6.45, 7) is 5.00. The number of nitrogens with zero attached hydrogens (tertiary/aromatic N) is 4. The zero-order valence-electron chi connectivity index (χ0n) is 15.7. The Balaban J connectivity index is 0.00000261. The minimum atomic E-state index is 0. The van der Waals surface area contributed by atoms with Gasteiger partial charge in [0.05, 0.1) is 16.7 Å². The summed E-state index contributed by atoms with van der Waals surface area (Å²) in [5.41, 5.74) is 2.22. The maximum Gasteiger partial charge on any atom is 0.191 e. The molecule has 3 aromatic rings. The molecule has 0 aliphatic carbocycles. The zero-order chi connectivity index (χ0) is 18.4. The number of nitrogens with one attached hydrogen (secondary N) is 2. The highest BCUT2D eigenvalue weighted by Gasteiger charge is 2.09. The molecule has 2 N–H and O–H groups in total. The first-order chi connectivity index (χ1) is 12.7. The van der Waals surface area contributed by atoms with Gasteiger partial charge in [-0.1, -0.05) is 12.1 Å². The highest BCUT2D eigenvalue weighted by molar-refractivity contribution is 14.0. The Bertz CT molecular complexity index is 859. The number of hydrogen-bond donors (Lipinski definition) is 2. The Morgan fingerprint density at radius 3 is 2.85 bits per heavy atom. The SMILES string of the molecule is CN=C(NCCc1ncc(C)s1)NC(C)c1cccc(-n2cccn2)c1.I. The summed E-state index contributed by atoms with van der Waals surface area (Å²) in [5, 5.41) is 12.2. The Morgan fingerprint density at radius 2 is 2.19 bits per heavy atom. The van der Waals surface area contributed by atoms with Gasteiger partial charge in [0.1, 0.15) is 0 Å². The van der Waals surface area contributed by atoms with Gasteiger partial charge in [-0.3, -0.25) is 4.99 Å². The molecule has 144 valence electrons. The molecule has 0 bridgehead atoms. The van der Waals surface area contributed by atoms with E-state index in [1.165, 1.54) is 10.4 Å². The fourth-order valence-corrected chi connectivity index (χ4v) is 3.43. The van der Waals surface area contributed by atoms with E-state index in [1.807, 2.05) is 35.3 Å². The van der Waals surface area contributed by atoms with E-state index in [1.54, 1.807) is 24.6 Å². The van der Waals surface area contributed by atoms with Crippen molar-refractivity contribution in [1.82, 2.24) is 25.4 Å². The number of hydrogen-bond acceptors (Lipinski definition) is 4. The van der Waals surface area contributed by atoms with E-state index >= 15 is 0 Å². The molecule has 3 rings (SSSR count). The van der Waals surface area contributed by atoms with Gasteiger partial charge in [-0.15, -0.1) is 35.3 Å². The summed E-state index contributed by atoms with van der Waals surface area (Å²) in [6, 6.07) is 10.4. The molecule has 0 amide bonds. The van der Waals surface area contributed by atoms with Gasteiger partial charge in [-0.2, -0.15) is 5.10 Å². The Labute approximate surface area is 181 Å². The van der Waals surface area contributed by atoms with E-state index < -0.39 is 0 Å². The van der Waals surface area contributed by atoms with Gasteiger partial charge in [0, 0.05) is 43.5 Å². The fraction of sp³-hybridized carbons (Fsp3) is 0.316. The third-order valence-corrected chi connectivity index (χ3v) is 4.99. The molecule has 2 aromatic heterocycles. The van der Waals surface area contributed by atoms with Crippen molar-refractivity contribution in [3.8, 4) is 5.69 Å². The smallest absolute Gasteiger partial charge is 0.191 e. The molecule has 8 heteroatoms. The van der Waals surface area contributed by atoms with Crippen LogP contribution in [0.3, 0.4) is 0 Å². The lowest BCUT2D eigenvalue weighted by Crippen LogP contribution is -2.39. The largest absolute Gasteiger partial charge is 0.356 e. The predicted molar refractivity (Wildman–Crippen MR) is 122 cm³/mol. The Hall–Kier alpha value is -1.94. The summed E-state index contributed by atoms with van der Waals surface area (Å²) < 4.78 is 1.86. The molecule has 1 atom stereocenters. The molecule has 2 heterocycles. The van der Waals surface area contributed by atoms with E-state index in [0.29, 0.717) is 0 Å². The van der Waals surface area contributed by atoms with E-state index in [2.05, 4.69) is 51.7 Å². The summed E-state index contributed by atoms with van der Waals surface area (Å²) in [5.74, 6) is 0.787. The van der Waals surface area contributed by atoms with Crippen molar-refractivity contribution >= 4 is 41.3 Å². The highest BCUT2D eigenvalue weighted by Crippen LogP contribution is 2.16. The van der Waals surface area contributed by atoms with Crippen LogP contribution in [0.5, 0.6) is 0 Å². The standard InChI is InChI=1S/C19H24N6S.HI/c1-14-13-22-18(26-14)8-10-21-19(20-3)24-15(2)16-6-4-7-17(12-16)25-11-5-9-23-25;/h4-7,9,11-13,15H,8,10H2,1-3H3,(H2,20,21,24);1H. The molecular weight excluding hydrogens is 471 g/mol. The minimum Gasteiger partial charge on any atom is -0.356 e. The molecule has 0 aliphatic rings. The van der Waals surface area contributed by atoms with Crippen molar-refractivity contribution in [2.45, 2.75) is 26.3 Å².